The molecular weight excluding hydrogens is 458 g/mol. The lowest BCUT2D eigenvalue weighted by Gasteiger charge is -2.29. The molecular formula is C19H29N5O10. The third-order valence-electron chi connectivity index (χ3n) is 5.13. The summed E-state index contributed by atoms with van der Waals surface area (Å²) in [5.41, 5.74) is 10.5. The van der Waals surface area contributed by atoms with Crippen LogP contribution < -0.4 is 22.1 Å². The van der Waals surface area contributed by atoms with Crippen LogP contribution in [0, 0.1) is 0 Å². The second-order valence-corrected chi connectivity index (χ2v) is 7.79. The molecule has 0 aromatic heterocycles. The van der Waals surface area contributed by atoms with E-state index in [0.717, 1.165) is 4.90 Å². The van der Waals surface area contributed by atoms with Crippen LogP contribution in [0.5, 0.6) is 0 Å². The number of nitrogens with one attached hydrogen (secondary N) is 2. The Kier molecular flexibility index (Phi) is 10.9. The van der Waals surface area contributed by atoms with Gasteiger partial charge in [-0.2, -0.15) is 0 Å². The van der Waals surface area contributed by atoms with Gasteiger partial charge in [-0.25, -0.2) is 4.79 Å². The quantitative estimate of drug-likeness (QED) is 0.129. The molecule has 190 valence electrons. The minimum atomic E-state index is -1.49. The maximum Gasteiger partial charge on any atom is 0.326 e. The minimum absolute atomic E-state index is 0.0799. The fraction of sp³-hybridized carbons (Fsp3) is 0.632. The third-order valence-corrected chi connectivity index (χ3v) is 5.13. The molecule has 4 unspecified atom stereocenters. The summed E-state index contributed by atoms with van der Waals surface area (Å²) in [6, 6.07) is -5.41. The molecule has 0 saturated carbocycles. The van der Waals surface area contributed by atoms with Crippen LogP contribution in [0.2, 0.25) is 0 Å². The van der Waals surface area contributed by atoms with Crippen molar-refractivity contribution in [3.8, 4) is 0 Å². The first-order chi connectivity index (χ1) is 15.8. The van der Waals surface area contributed by atoms with E-state index in [4.69, 9.17) is 21.7 Å². The van der Waals surface area contributed by atoms with E-state index in [9.17, 15) is 38.7 Å². The van der Waals surface area contributed by atoms with Crippen molar-refractivity contribution >= 4 is 41.5 Å². The lowest BCUT2D eigenvalue weighted by atomic mass is 10.1. The number of hydrogen-bond donors (Lipinski definition) is 7. The van der Waals surface area contributed by atoms with E-state index in [2.05, 4.69) is 10.6 Å². The van der Waals surface area contributed by atoms with Crippen molar-refractivity contribution in [2.45, 2.75) is 69.1 Å². The highest BCUT2D eigenvalue weighted by molar-refractivity contribution is 5.95. The molecule has 34 heavy (non-hydrogen) atoms. The van der Waals surface area contributed by atoms with Crippen molar-refractivity contribution in [1.29, 1.82) is 0 Å². The predicted octanol–water partition coefficient (Wildman–Crippen LogP) is -3.04. The Bertz CT molecular complexity index is 832. The number of rotatable bonds is 14. The van der Waals surface area contributed by atoms with Gasteiger partial charge in [-0.05, 0) is 25.7 Å². The number of aliphatic carboxylic acids is 3. The number of carbonyl (C=O) groups excluding carboxylic acids is 4. The normalized spacial score (nSPS) is 17.8. The van der Waals surface area contributed by atoms with Gasteiger partial charge in [0.2, 0.25) is 23.6 Å². The van der Waals surface area contributed by atoms with Gasteiger partial charge in [0.1, 0.15) is 18.1 Å². The van der Waals surface area contributed by atoms with Crippen LogP contribution in [0.3, 0.4) is 0 Å². The number of carbonyl (C=O) groups is 7. The molecule has 1 saturated heterocycles. The number of carboxylic acids is 3. The van der Waals surface area contributed by atoms with Crippen LogP contribution in [-0.2, 0) is 33.6 Å². The number of nitrogens with two attached hydrogens (primary N) is 2. The van der Waals surface area contributed by atoms with E-state index in [-0.39, 0.29) is 32.2 Å². The molecule has 4 amide bonds. The monoisotopic (exact) mass is 487 g/mol. The molecule has 0 aromatic carbocycles. The first-order valence-electron chi connectivity index (χ1n) is 10.4. The molecule has 1 fully saturated rings. The minimum Gasteiger partial charge on any atom is -0.481 e. The summed E-state index contributed by atoms with van der Waals surface area (Å²) in [5.74, 6) is -7.33. The summed E-state index contributed by atoms with van der Waals surface area (Å²) < 4.78 is 0. The van der Waals surface area contributed by atoms with Crippen LogP contribution in [-0.4, -0.2) is 92.5 Å². The van der Waals surface area contributed by atoms with Gasteiger partial charge < -0.3 is 42.3 Å². The Labute approximate surface area is 193 Å². The number of nitrogens with zero attached hydrogens (tertiary/aromatic N) is 1. The molecule has 1 aliphatic rings. The molecule has 4 atom stereocenters. The van der Waals surface area contributed by atoms with Gasteiger partial charge in [0.05, 0.1) is 12.5 Å². The zero-order valence-corrected chi connectivity index (χ0v) is 18.3. The maximum absolute atomic E-state index is 13.1. The van der Waals surface area contributed by atoms with Gasteiger partial charge in [-0.3, -0.25) is 28.8 Å². The maximum atomic E-state index is 13.1. The summed E-state index contributed by atoms with van der Waals surface area (Å²) in [7, 11) is 0. The van der Waals surface area contributed by atoms with Gasteiger partial charge >= 0.3 is 17.9 Å². The van der Waals surface area contributed by atoms with Crippen molar-refractivity contribution in [1.82, 2.24) is 15.5 Å². The highest BCUT2D eigenvalue weighted by atomic mass is 16.4. The summed E-state index contributed by atoms with van der Waals surface area (Å²) >= 11 is 0. The molecule has 0 spiro atoms. The van der Waals surface area contributed by atoms with E-state index in [1.807, 2.05) is 0 Å². The van der Waals surface area contributed by atoms with Crippen molar-refractivity contribution < 1.29 is 48.9 Å². The predicted molar refractivity (Wildman–Crippen MR) is 112 cm³/mol. The molecule has 9 N–H and O–H groups in total. The van der Waals surface area contributed by atoms with Crippen LogP contribution in [0.4, 0.5) is 0 Å². The fourth-order valence-corrected chi connectivity index (χ4v) is 3.40. The highest BCUT2D eigenvalue weighted by Crippen LogP contribution is 2.20. The van der Waals surface area contributed by atoms with Crippen molar-refractivity contribution in [3.05, 3.63) is 0 Å². The molecule has 15 heteroatoms. The summed E-state index contributed by atoms with van der Waals surface area (Å²) in [4.78, 5) is 83.2. The molecule has 0 aromatic rings. The summed E-state index contributed by atoms with van der Waals surface area (Å²) in [6.07, 6.45) is -1.56. The van der Waals surface area contributed by atoms with Crippen LogP contribution >= 0.6 is 0 Å². The number of hydrogen-bond acceptors (Lipinski definition) is 8. The summed E-state index contributed by atoms with van der Waals surface area (Å²) in [6.45, 7) is 0.0799. The van der Waals surface area contributed by atoms with E-state index in [0.29, 0.717) is 6.42 Å². The third kappa shape index (κ3) is 9.01. The second-order valence-electron chi connectivity index (χ2n) is 7.79. The smallest absolute Gasteiger partial charge is 0.326 e. The Hall–Kier alpha value is -3.75. The lowest BCUT2D eigenvalue weighted by molar-refractivity contribution is -0.145. The van der Waals surface area contributed by atoms with E-state index in [1.54, 1.807) is 0 Å². The van der Waals surface area contributed by atoms with Crippen molar-refractivity contribution in [2.75, 3.05) is 6.54 Å². The number of amides is 4. The Morgan fingerprint density at radius 1 is 0.912 bits per heavy atom. The zero-order valence-electron chi connectivity index (χ0n) is 18.3. The van der Waals surface area contributed by atoms with Crippen LogP contribution in [0.25, 0.3) is 0 Å². The van der Waals surface area contributed by atoms with Crippen LogP contribution in [0.1, 0.15) is 44.9 Å². The fourth-order valence-electron chi connectivity index (χ4n) is 3.40. The first kappa shape index (κ1) is 28.3. The van der Waals surface area contributed by atoms with Gasteiger partial charge in [-0.1, -0.05) is 0 Å². The SMILES string of the molecule is NC(=O)CCC(NC(=O)C1CCCN1C(=O)C(CCC(=O)O)NC(=O)C(N)CC(=O)O)C(=O)O. The van der Waals surface area contributed by atoms with Crippen molar-refractivity contribution in [2.24, 2.45) is 11.5 Å². The van der Waals surface area contributed by atoms with Gasteiger partial charge in [0.25, 0.3) is 0 Å². The van der Waals surface area contributed by atoms with Gasteiger partial charge in [0.15, 0.2) is 0 Å². The van der Waals surface area contributed by atoms with Crippen molar-refractivity contribution in [3.63, 3.8) is 0 Å². The van der Waals surface area contributed by atoms with E-state index >= 15 is 0 Å². The van der Waals surface area contributed by atoms with Gasteiger partial charge in [-0.15, -0.1) is 0 Å². The lowest BCUT2D eigenvalue weighted by Crippen LogP contribution is -2.57. The summed E-state index contributed by atoms with van der Waals surface area (Å²) in [5, 5.41) is 31.5. The molecule has 1 aliphatic heterocycles. The molecule has 15 nitrogen and oxygen atoms in total. The highest BCUT2D eigenvalue weighted by Gasteiger charge is 2.39. The van der Waals surface area contributed by atoms with E-state index in [1.165, 1.54) is 0 Å². The topological polar surface area (TPSA) is 260 Å². The molecule has 0 radical (unpaired) electrons. The number of likely N-dealkylation sites (tertiary alicyclic amines) is 1. The molecule has 0 aliphatic carbocycles. The zero-order chi connectivity index (χ0) is 26.0. The number of carboxylic acid groups (broad SMARTS) is 3. The molecule has 1 rings (SSSR count). The Morgan fingerprint density at radius 3 is 2.06 bits per heavy atom. The largest absolute Gasteiger partial charge is 0.481 e. The van der Waals surface area contributed by atoms with E-state index < -0.39 is 78.5 Å². The first-order valence-corrected chi connectivity index (χ1v) is 10.4. The Balaban J connectivity index is 2.97. The Morgan fingerprint density at radius 2 is 1.53 bits per heavy atom. The van der Waals surface area contributed by atoms with Crippen LogP contribution in [0.15, 0.2) is 0 Å². The average Bonchev–Trinajstić information content (AvgIpc) is 3.22. The molecule has 0 bridgehead atoms. The average molecular weight is 487 g/mol. The molecule has 1 heterocycles. The number of primary amides is 1. The van der Waals surface area contributed by atoms with Gasteiger partial charge in [0, 0.05) is 19.4 Å². The standard InChI is InChI=1S/C19H29N5O10/c20-9(8-15(28)29)16(30)22-10(4-6-14(26)27)18(32)24-7-1-2-12(24)17(31)23-11(19(33)34)3-5-13(21)25/h9-12H,1-8,20H2,(H2,21,25)(H,22,30)(H,23,31)(H,26,27)(H,28,29)(H,33,34). The second kappa shape index (κ2) is 13.1.